The first kappa shape index (κ1) is 9.99. The van der Waals surface area contributed by atoms with Crippen molar-refractivity contribution in [2.75, 3.05) is 0 Å². The van der Waals surface area contributed by atoms with E-state index in [9.17, 15) is 5.11 Å². The van der Waals surface area contributed by atoms with Crippen molar-refractivity contribution in [2.45, 2.75) is 6.61 Å². The number of aliphatic hydroxyl groups excluding tert-OH is 1. The van der Waals surface area contributed by atoms with E-state index < -0.39 is 0 Å². The third kappa shape index (κ3) is 1.59. The highest BCUT2D eigenvalue weighted by atomic mass is 16.3. The molecule has 0 aliphatic carbocycles. The summed E-state index contributed by atoms with van der Waals surface area (Å²) in [6, 6.07) is 13.6. The molecular weight excluding hydrogens is 214 g/mol. The third-order valence-electron chi connectivity index (χ3n) is 2.81. The molecule has 0 bridgehead atoms. The monoisotopic (exact) mass is 225 g/mol. The largest absolute Gasteiger partial charge is 0.392 e. The summed E-state index contributed by atoms with van der Waals surface area (Å²) in [5.74, 6) is 0. The minimum Gasteiger partial charge on any atom is -0.392 e. The summed E-state index contributed by atoms with van der Waals surface area (Å²) in [6.45, 7) is -0.00692. The topological polar surface area (TPSA) is 61.8 Å². The molecule has 4 nitrogen and oxygen atoms in total. The number of hydrogen-bond donors (Lipinski definition) is 2. The van der Waals surface area contributed by atoms with E-state index in [2.05, 4.69) is 15.4 Å². The first-order chi connectivity index (χ1) is 8.40. The highest BCUT2D eigenvalue weighted by Crippen LogP contribution is 2.29. The molecule has 0 fully saturated rings. The summed E-state index contributed by atoms with van der Waals surface area (Å²) in [5, 5.41) is 20.3. The Morgan fingerprint density at radius 1 is 1.00 bits per heavy atom. The van der Waals surface area contributed by atoms with E-state index in [4.69, 9.17) is 0 Å². The van der Waals surface area contributed by atoms with Crippen molar-refractivity contribution in [2.24, 2.45) is 0 Å². The smallest absolute Gasteiger partial charge is 0.121 e. The van der Waals surface area contributed by atoms with Crippen molar-refractivity contribution < 1.29 is 5.11 Å². The van der Waals surface area contributed by atoms with Gasteiger partial charge in [-0.1, -0.05) is 36.4 Å². The van der Waals surface area contributed by atoms with Crippen molar-refractivity contribution in [3.63, 3.8) is 0 Å². The van der Waals surface area contributed by atoms with Crippen LogP contribution in [0, 0.1) is 0 Å². The maximum Gasteiger partial charge on any atom is 0.121 e. The molecule has 1 aromatic heterocycles. The van der Waals surface area contributed by atoms with Gasteiger partial charge < -0.3 is 5.11 Å². The number of hydrogen-bond acceptors (Lipinski definition) is 3. The predicted octanol–water partition coefficient (Wildman–Crippen LogP) is 2.12. The molecular formula is C13H11N3O. The van der Waals surface area contributed by atoms with Crippen LogP contribution in [-0.4, -0.2) is 20.5 Å². The maximum absolute atomic E-state index is 9.42. The Morgan fingerprint density at radius 3 is 2.59 bits per heavy atom. The lowest BCUT2D eigenvalue weighted by Crippen LogP contribution is -1.91. The number of nitrogens with one attached hydrogen (secondary N) is 1. The van der Waals surface area contributed by atoms with Gasteiger partial charge in [0.1, 0.15) is 11.0 Å². The van der Waals surface area contributed by atoms with Crippen LogP contribution >= 0.6 is 0 Å². The van der Waals surface area contributed by atoms with Crippen LogP contribution in [0.15, 0.2) is 42.5 Å². The average Bonchev–Trinajstić information content (AvgIpc) is 2.86. The van der Waals surface area contributed by atoms with Gasteiger partial charge in [0, 0.05) is 5.56 Å². The van der Waals surface area contributed by atoms with Crippen LogP contribution in [0.2, 0.25) is 0 Å². The van der Waals surface area contributed by atoms with Gasteiger partial charge in [0.05, 0.1) is 6.61 Å². The summed E-state index contributed by atoms with van der Waals surface area (Å²) in [4.78, 5) is 0. The van der Waals surface area contributed by atoms with Gasteiger partial charge in [0.2, 0.25) is 0 Å². The Hall–Kier alpha value is -2.20. The standard InChI is InChI=1S/C13H11N3O/c17-8-10-6-7-11-13(15-16-14-11)12(10)9-4-2-1-3-5-9/h1-7,17H,8H2,(H,14,15,16). The first-order valence-electron chi connectivity index (χ1n) is 5.39. The molecule has 0 spiro atoms. The van der Waals surface area contributed by atoms with Crippen LogP contribution in [-0.2, 0) is 6.61 Å². The molecule has 84 valence electrons. The molecule has 1 heterocycles. The summed E-state index contributed by atoms with van der Waals surface area (Å²) in [6.07, 6.45) is 0. The minimum atomic E-state index is -0.00692. The second-order valence-corrected chi connectivity index (χ2v) is 3.82. The molecule has 4 heteroatoms. The van der Waals surface area contributed by atoms with Gasteiger partial charge in [-0.3, -0.25) is 0 Å². The van der Waals surface area contributed by atoms with E-state index in [1.807, 2.05) is 42.5 Å². The number of aromatic amines is 1. The number of H-pyrrole nitrogens is 1. The molecule has 0 atom stereocenters. The van der Waals surface area contributed by atoms with Crippen molar-refractivity contribution in [3.05, 3.63) is 48.0 Å². The van der Waals surface area contributed by atoms with E-state index in [-0.39, 0.29) is 6.61 Å². The van der Waals surface area contributed by atoms with E-state index in [1.54, 1.807) is 0 Å². The number of aliphatic hydroxyl groups is 1. The lowest BCUT2D eigenvalue weighted by atomic mass is 9.98. The van der Waals surface area contributed by atoms with E-state index >= 15 is 0 Å². The molecule has 0 unspecified atom stereocenters. The van der Waals surface area contributed by atoms with Crippen molar-refractivity contribution in [1.82, 2.24) is 15.4 Å². The normalized spacial score (nSPS) is 10.9. The van der Waals surface area contributed by atoms with Crippen LogP contribution in [0.4, 0.5) is 0 Å². The summed E-state index contributed by atoms with van der Waals surface area (Å²) in [7, 11) is 0. The maximum atomic E-state index is 9.42. The molecule has 17 heavy (non-hydrogen) atoms. The first-order valence-corrected chi connectivity index (χ1v) is 5.39. The molecule has 0 saturated carbocycles. The van der Waals surface area contributed by atoms with E-state index in [0.717, 1.165) is 27.7 Å². The van der Waals surface area contributed by atoms with Gasteiger partial charge >= 0.3 is 0 Å². The van der Waals surface area contributed by atoms with Crippen LogP contribution in [0.1, 0.15) is 5.56 Å². The Morgan fingerprint density at radius 2 is 1.82 bits per heavy atom. The third-order valence-corrected chi connectivity index (χ3v) is 2.81. The fraction of sp³-hybridized carbons (Fsp3) is 0.0769. The lowest BCUT2D eigenvalue weighted by Gasteiger charge is -2.07. The second kappa shape index (κ2) is 3.99. The number of benzene rings is 2. The number of fused-ring (bicyclic) bond motifs is 1. The van der Waals surface area contributed by atoms with Gasteiger partial charge in [-0.2, -0.15) is 15.4 Å². The van der Waals surface area contributed by atoms with Crippen molar-refractivity contribution in [1.29, 1.82) is 0 Å². The molecule has 0 saturated heterocycles. The van der Waals surface area contributed by atoms with Gasteiger partial charge in [0.25, 0.3) is 0 Å². The second-order valence-electron chi connectivity index (χ2n) is 3.82. The zero-order valence-corrected chi connectivity index (χ0v) is 9.09. The minimum absolute atomic E-state index is 0.00692. The van der Waals surface area contributed by atoms with E-state index in [0.29, 0.717) is 0 Å². The lowest BCUT2D eigenvalue weighted by molar-refractivity contribution is 0.282. The highest BCUT2D eigenvalue weighted by Gasteiger charge is 2.11. The zero-order chi connectivity index (χ0) is 11.7. The van der Waals surface area contributed by atoms with Crippen molar-refractivity contribution >= 4 is 11.0 Å². The number of nitrogens with zero attached hydrogens (tertiary/aromatic N) is 2. The molecule has 3 rings (SSSR count). The number of aromatic nitrogens is 3. The van der Waals surface area contributed by atoms with Gasteiger partial charge in [-0.25, -0.2) is 0 Å². The van der Waals surface area contributed by atoms with Crippen LogP contribution in [0.5, 0.6) is 0 Å². The summed E-state index contributed by atoms with van der Waals surface area (Å²) in [5.41, 5.74) is 4.44. The summed E-state index contributed by atoms with van der Waals surface area (Å²) >= 11 is 0. The predicted molar refractivity (Wildman–Crippen MR) is 65.2 cm³/mol. The highest BCUT2D eigenvalue weighted by molar-refractivity contribution is 5.93. The Labute approximate surface area is 97.9 Å². The molecule has 0 aliphatic heterocycles. The fourth-order valence-electron chi connectivity index (χ4n) is 2.01. The van der Waals surface area contributed by atoms with Gasteiger partial charge in [-0.05, 0) is 17.2 Å². The zero-order valence-electron chi connectivity index (χ0n) is 9.09. The molecule has 0 aliphatic rings. The Balaban J connectivity index is 2.36. The molecule has 2 aromatic carbocycles. The Kier molecular flexibility index (Phi) is 2.34. The Bertz CT molecular complexity index is 646. The molecule has 0 amide bonds. The average molecular weight is 225 g/mol. The summed E-state index contributed by atoms with van der Waals surface area (Å²) < 4.78 is 0. The van der Waals surface area contributed by atoms with Crippen molar-refractivity contribution in [3.8, 4) is 11.1 Å². The van der Waals surface area contributed by atoms with E-state index in [1.165, 1.54) is 0 Å². The van der Waals surface area contributed by atoms with Crippen LogP contribution in [0.25, 0.3) is 22.2 Å². The van der Waals surface area contributed by atoms with Crippen LogP contribution < -0.4 is 0 Å². The van der Waals surface area contributed by atoms with Crippen LogP contribution in [0.3, 0.4) is 0 Å². The fourth-order valence-corrected chi connectivity index (χ4v) is 2.01. The SMILES string of the molecule is OCc1ccc2n[nH]nc2c1-c1ccccc1. The van der Waals surface area contributed by atoms with Gasteiger partial charge in [-0.15, -0.1) is 0 Å². The molecule has 3 aromatic rings. The van der Waals surface area contributed by atoms with Gasteiger partial charge in [0.15, 0.2) is 0 Å². The quantitative estimate of drug-likeness (QED) is 0.702. The molecule has 2 N–H and O–H groups in total. The number of rotatable bonds is 2. The molecule has 0 radical (unpaired) electrons.